The molecule has 1 aliphatic carbocycles. The number of nitrogens with one attached hydrogen (secondary N) is 1. The van der Waals surface area contributed by atoms with Crippen molar-refractivity contribution in [2.45, 2.75) is 50.3 Å². The number of hydrogen-bond acceptors (Lipinski definition) is 3. The van der Waals surface area contributed by atoms with E-state index in [4.69, 9.17) is 5.14 Å². The maximum atomic E-state index is 12.3. The second-order valence-corrected chi connectivity index (χ2v) is 7.26. The average molecular weight is 310 g/mol. The Labute approximate surface area is 126 Å². The number of nitrogens with two attached hydrogens (primary N) is 1. The molecule has 1 amide bonds. The molecule has 0 aliphatic heterocycles. The molecule has 2 rings (SSSR count). The number of rotatable bonds is 3. The Morgan fingerprint density at radius 2 is 1.81 bits per heavy atom. The van der Waals surface area contributed by atoms with Crippen molar-refractivity contribution in [3.8, 4) is 0 Å². The van der Waals surface area contributed by atoms with Crippen molar-refractivity contribution >= 4 is 21.6 Å². The zero-order valence-electron chi connectivity index (χ0n) is 12.3. The van der Waals surface area contributed by atoms with Crippen LogP contribution in [0.5, 0.6) is 0 Å². The van der Waals surface area contributed by atoms with Crippen LogP contribution in [0.25, 0.3) is 0 Å². The molecule has 0 heterocycles. The third kappa shape index (κ3) is 4.28. The van der Waals surface area contributed by atoms with E-state index >= 15 is 0 Å². The van der Waals surface area contributed by atoms with Gasteiger partial charge in [0.25, 0.3) is 0 Å². The van der Waals surface area contributed by atoms with Gasteiger partial charge in [-0.2, -0.15) is 0 Å². The maximum Gasteiger partial charge on any atom is 0.238 e. The average Bonchev–Trinajstić information content (AvgIpc) is 2.68. The molecule has 1 aliphatic rings. The van der Waals surface area contributed by atoms with Gasteiger partial charge in [-0.15, -0.1) is 0 Å². The van der Waals surface area contributed by atoms with Crippen LogP contribution in [0.4, 0.5) is 5.69 Å². The molecule has 0 unspecified atom stereocenters. The summed E-state index contributed by atoms with van der Waals surface area (Å²) in [5.41, 5.74) is 1.35. The van der Waals surface area contributed by atoms with E-state index in [0.717, 1.165) is 25.7 Å². The standard InChI is InChI=1S/C15H22N2O3S/c1-11-10-13(21(16,19)20)8-9-14(11)17-15(18)12-6-4-2-3-5-7-12/h8-10,12H,2-7H2,1H3,(H,17,18)(H2,16,19,20). The lowest BCUT2D eigenvalue weighted by molar-refractivity contribution is -0.120. The molecule has 0 spiro atoms. The zero-order chi connectivity index (χ0) is 15.5. The first-order valence-corrected chi connectivity index (χ1v) is 8.87. The van der Waals surface area contributed by atoms with Crippen molar-refractivity contribution in [1.82, 2.24) is 0 Å². The lowest BCUT2D eigenvalue weighted by atomic mass is 9.99. The van der Waals surface area contributed by atoms with E-state index in [-0.39, 0.29) is 16.7 Å². The summed E-state index contributed by atoms with van der Waals surface area (Å²) in [4.78, 5) is 12.4. The molecular weight excluding hydrogens is 288 g/mol. The lowest BCUT2D eigenvalue weighted by Gasteiger charge is -2.15. The molecule has 6 heteroatoms. The molecule has 1 saturated carbocycles. The van der Waals surface area contributed by atoms with Crippen LogP contribution in [-0.2, 0) is 14.8 Å². The summed E-state index contributed by atoms with van der Waals surface area (Å²) >= 11 is 0. The molecule has 21 heavy (non-hydrogen) atoms. The number of carbonyl (C=O) groups is 1. The zero-order valence-corrected chi connectivity index (χ0v) is 13.1. The highest BCUT2D eigenvalue weighted by atomic mass is 32.2. The van der Waals surface area contributed by atoms with E-state index in [0.29, 0.717) is 11.3 Å². The molecule has 1 fully saturated rings. The molecule has 0 radical (unpaired) electrons. The fourth-order valence-corrected chi connectivity index (χ4v) is 3.33. The third-order valence-corrected chi connectivity index (χ3v) is 4.92. The molecule has 1 aromatic carbocycles. The predicted octanol–water partition coefficient (Wildman–Crippen LogP) is 2.55. The Kier molecular flexibility index (Phi) is 5.00. The molecule has 3 N–H and O–H groups in total. The molecule has 116 valence electrons. The van der Waals surface area contributed by atoms with Gasteiger partial charge in [0.2, 0.25) is 15.9 Å². The van der Waals surface area contributed by atoms with Crippen molar-refractivity contribution in [3.05, 3.63) is 23.8 Å². The highest BCUT2D eigenvalue weighted by molar-refractivity contribution is 7.89. The number of carbonyl (C=O) groups excluding carboxylic acids is 1. The Balaban J connectivity index is 2.10. The van der Waals surface area contributed by atoms with Crippen LogP contribution >= 0.6 is 0 Å². The first-order valence-electron chi connectivity index (χ1n) is 7.32. The number of aryl methyl sites for hydroxylation is 1. The number of amides is 1. The van der Waals surface area contributed by atoms with Gasteiger partial charge in [0.05, 0.1) is 4.90 Å². The van der Waals surface area contributed by atoms with Crippen LogP contribution in [0.2, 0.25) is 0 Å². The Hall–Kier alpha value is -1.40. The quantitative estimate of drug-likeness (QED) is 0.841. The second kappa shape index (κ2) is 6.58. The molecule has 0 atom stereocenters. The van der Waals surface area contributed by atoms with E-state index in [9.17, 15) is 13.2 Å². The van der Waals surface area contributed by atoms with E-state index in [2.05, 4.69) is 5.32 Å². The number of sulfonamides is 1. The Morgan fingerprint density at radius 3 is 2.33 bits per heavy atom. The minimum atomic E-state index is -3.71. The smallest absolute Gasteiger partial charge is 0.238 e. The largest absolute Gasteiger partial charge is 0.326 e. The van der Waals surface area contributed by atoms with Crippen LogP contribution in [0.15, 0.2) is 23.1 Å². The monoisotopic (exact) mass is 310 g/mol. The third-order valence-electron chi connectivity index (χ3n) is 4.01. The van der Waals surface area contributed by atoms with Crippen molar-refractivity contribution in [1.29, 1.82) is 0 Å². The van der Waals surface area contributed by atoms with Gasteiger partial charge < -0.3 is 5.32 Å². The number of hydrogen-bond donors (Lipinski definition) is 2. The van der Waals surface area contributed by atoms with Crippen molar-refractivity contribution in [2.24, 2.45) is 11.1 Å². The number of anilines is 1. The summed E-state index contributed by atoms with van der Waals surface area (Å²) in [6, 6.07) is 4.51. The lowest BCUT2D eigenvalue weighted by Crippen LogP contribution is -2.23. The van der Waals surface area contributed by atoms with Gasteiger partial charge in [0, 0.05) is 11.6 Å². The van der Waals surface area contributed by atoms with Crippen LogP contribution < -0.4 is 10.5 Å². The predicted molar refractivity (Wildman–Crippen MR) is 82.4 cm³/mol. The van der Waals surface area contributed by atoms with E-state index in [1.54, 1.807) is 13.0 Å². The van der Waals surface area contributed by atoms with Crippen molar-refractivity contribution < 1.29 is 13.2 Å². The molecule has 0 aromatic heterocycles. The van der Waals surface area contributed by atoms with Crippen LogP contribution in [0, 0.1) is 12.8 Å². The van der Waals surface area contributed by atoms with Crippen molar-refractivity contribution in [3.63, 3.8) is 0 Å². The summed E-state index contributed by atoms with van der Waals surface area (Å²) in [6.45, 7) is 1.76. The van der Waals surface area contributed by atoms with Crippen LogP contribution in [0.1, 0.15) is 44.1 Å². The fourth-order valence-electron chi connectivity index (χ4n) is 2.73. The van der Waals surface area contributed by atoms with Gasteiger partial charge in [0.15, 0.2) is 0 Å². The van der Waals surface area contributed by atoms with Gasteiger partial charge in [0.1, 0.15) is 0 Å². The molecule has 5 nitrogen and oxygen atoms in total. The van der Waals surface area contributed by atoms with E-state index < -0.39 is 10.0 Å². The maximum absolute atomic E-state index is 12.3. The van der Waals surface area contributed by atoms with Crippen molar-refractivity contribution in [2.75, 3.05) is 5.32 Å². The first kappa shape index (κ1) is 16.0. The van der Waals surface area contributed by atoms with Crippen LogP contribution in [0.3, 0.4) is 0 Å². The summed E-state index contributed by atoms with van der Waals surface area (Å²) < 4.78 is 22.6. The molecular formula is C15H22N2O3S. The second-order valence-electron chi connectivity index (χ2n) is 5.70. The highest BCUT2D eigenvalue weighted by Crippen LogP contribution is 2.25. The SMILES string of the molecule is Cc1cc(S(N)(=O)=O)ccc1NC(=O)C1CCCCCC1. The Bertz CT molecular complexity index is 618. The summed E-state index contributed by atoms with van der Waals surface area (Å²) in [6.07, 6.45) is 6.46. The van der Waals surface area contributed by atoms with Gasteiger partial charge >= 0.3 is 0 Å². The minimum Gasteiger partial charge on any atom is -0.326 e. The van der Waals surface area contributed by atoms with Gasteiger partial charge in [-0.25, -0.2) is 13.6 Å². The van der Waals surface area contributed by atoms with Gasteiger partial charge in [-0.3, -0.25) is 4.79 Å². The summed E-state index contributed by atoms with van der Waals surface area (Å²) in [7, 11) is -3.71. The van der Waals surface area contributed by atoms with Gasteiger partial charge in [-0.05, 0) is 43.5 Å². The van der Waals surface area contributed by atoms with Gasteiger partial charge in [-0.1, -0.05) is 25.7 Å². The molecule has 0 saturated heterocycles. The molecule has 1 aromatic rings. The van der Waals surface area contributed by atoms with E-state index in [1.807, 2.05) is 0 Å². The summed E-state index contributed by atoms with van der Waals surface area (Å²) in [5, 5.41) is 8.01. The topological polar surface area (TPSA) is 89.3 Å². The Morgan fingerprint density at radius 1 is 1.19 bits per heavy atom. The minimum absolute atomic E-state index is 0.0309. The van der Waals surface area contributed by atoms with E-state index in [1.165, 1.54) is 25.0 Å². The van der Waals surface area contributed by atoms with Crippen LogP contribution in [-0.4, -0.2) is 14.3 Å². The number of benzene rings is 1. The fraction of sp³-hybridized carbons (Fsp3) is 0.533. The summed E-state index contributed by atoms with van der Waals surface area (Å²) in [5.74, 6) is 0.0909. The normalized spacial score (nSPS) is 17.2. The number of primary sulfonamides is 1. The highest BCUT2D eigenvalue weighted by Gasteiger charge is 2.20. The first-order chi connectivity index (χ1) is 9.88. The molecule has 0 bridgehead atoms.